The molecule has 0 saturated carbocycles. The van der Waals surface area contributed by atoms with E-state index in [9.17, 15) is 22.8 Å². The SMILES string of the molecule is COC(=O)C[C@H](NC(=O)CN)[C@H]1O[C@@H]2OC(C)(C)O[C@@H]2[C@H]1OC.O=C(O)C(F)(F)F. The fourth-order valence-corrected chi connectivity index (χ4v) is 2.87. The van der Waals surface area contributed by atoms with E-state index in [1.165, 1.54) is 14.2 Å². The minimum absolute atomic E-state index is 0.0738. The molecule has 174 valence electrons. The molecule has 2 saturated heterocycles. The van der Waals surface area contributed by atoms with Crippen LogP contribution in [-0.4, -0.2) is 86.3 Å². The summed E-state index contributed by atoms with van der Waals surface area (Å²) in [4.78, 5) is 32.2. The summed E-state index contributed by atoms with van der Waals surface area (Å²) in [5.74, 6) is -4.43. The van der Waals surface area contributed by atoms with Gasteiger partial charge in [-0.05, 0) is 13.8 Å². The first-order valence-electron chi connectivity index (χ1n) is 8.66. The molecule has 2 fully saturated rings. The number of aliphatic carboxylic acids is 1. The van der Waals surface area contributed by atoms with Gasteiger partial charge in [0.05, 0.1) is 26.1 Å². The molecule has 14 heteroatoms. The number of fused-ring (bicyclic) bond motifs is 1. The zero-order valence-corrected chi connectivity index (χ0v) is 16.7. The van der Waals surface area contributed by atoms with Crippen molar-refractivity contribution in [2.45, 2.75) is 62.9 Å². The first kappa shape index (κ1) is 26.0. The Bertz CT molecular complexity index is 612. The monoisotopic (exact) mass is 446 g/mol. The van der Waals surface area contributed by atoms with E-state index in [1.54, 1.807) is 13.8 Å². The average Bonchev–Trinajstić information content (AvgIpc) is 3.11. The summed E-state index contributed by atoms with van der Waals surface area (Å²) in [6.07, 6.45) is -7.37. The lowest BCUT2D eigenvalue weighted by Crippen LogP contribution is -2.52. The molecule has 2 aliphatic rings. The highest BCUT2D eigenvalue weighted by Gasteiger charge is 2.57. The van der Waals surface area contributed by atoms with Crippen LogP contribution in [0.1, 0.15) is 20.3 Å². The Labute approximate surface area is 169 Å². The topological polar surface area (TPSA) is 156 Å². The predicted molar refractivity (Wildman–Crippen MR) is 90.8 cm³/mol. The number of carboxylic acids is 1. The van der Waals surface area contributed by atoms with Crippen molar-refractivity contribution in [3.63, 3.8) is 0 Å². The number of amides is 1. The number of ether oxygens (including phenoxy) is 5. The minimum atomic E-state index is -5.08. The van der Waals surface area contributed by atoms with Crippen molar-refractivity contribution in [2.75, 3.05) is 20.8 Å². The Hall–Kier alpha value is -2.00. The van der Waals surface area contributed by atoms with E-state index >= 15 is 0 Å². The third kappa shape index (κ3) is 7.05. The van der Waals surface area contributed by atoms with E-state index in [-0.39, 0.29) is 13.0 Å². The lowest BCUT2D eigenvalue weighted by molar-refractivity contribution is -0.220. The standard InChI is InChI=1S/C14H24N2O7.C2HF3O2/c1-14(2)22-12-11(20-4)10(21-13(12)23-14)7(5-9(18)19-3)16-8(17)6-15;3-2(4,5)1(6)7/h7,10-13H,5-6,15H2,1-4H3,(H,16,17);(H,6,7)/t7-,10+,11-,12+,13+;/m0./s1. The molecule has 0 aromatic heterocycles. The van der Waals surface area contributed by atoms with Gasteiger partial charge in [0.15, 0.2) is 12.1 Å². The Morgan fingerprint density at radius 2 is 1.80 bits per heavy atom. The van der Waals surface area contributed by atoms with Crippen molar-refractivity contribution >= 4 is 17.8 Å². The van der Waals surface area contributed by atoms with Crippen LogP contribution in [-0.2, 0) is 38.1 Å². The molecule has 5 atom stereocenters. The number of methoxy groups -OCH3 is 2. The molecule has 30 heavy (non-hydrogen) atoms. The van der Waals surface area contributed by atoms with Crippen molar-refractivity contribution in [2.24, 2.45) is 5.73 Å². The quantitative estimate of drug-likeness (QED) is 0.455. The van der Waals surface area contributed by atoms with Gasteiger partial charge >= 0.3 is 18.1 Å². The van der Waals surface area contributed by atoms with Gasteiger partial charge in [0, 0.05) is 7.11 Å². The van der Waals surface area contributed by atoms with E-state index in [1.807, 2.05) is 0 Å². The van der Waals surface area contributed by atoms with E-state index in [0.29, 0.717) is 0 Å². The van der Waals surface area contributed by atoms with Crippen LogP contribution in [0.2, 0.25) is 0 Å². The number of nitrogens with two attached hydrogens (primary N) is 1. The highest BCUT2D eigenvalue weighted by atomic mass is 19.4. The summed E-state index contributed by atoms with van der Waals surface area (Å²) >= 11 is 0. The number of esters is 1. The summed E-state index contributed by atoms with van der Waals surface area (Å²) in [6, 6.07) is -0.663. The van der Waals surface area contributed by atoms with Crippen molar-refractivity contribution in [1.82, 2.24) is 5.32 Å². The second-order valence-electron chi connectivity index (χ2n) is 6.73. The van der Waals surface area contributed by atoms with Gasteiger partial charge in [-0.15, -0.1) is 0 Å². The minimum Gasteiger partial charge on any atom is -0.475 e. The maximum atomic E-state index is 11.6. The van der Waals surface area contributed by atoms with Gasteiger partial charge in [0.25, 0.3) is 0 Å². The van der Waals surface area contributed by atoms with Gasteiger partial charge in [-0.3, -0.25) is 9.59 Å². The second kappa shape index (κ2) is 10.3. The first-order chi connectivity index (χ1) is 13.8. The number of carboxylic acid groups (broad SMARTS) is 1. The van der Waals surface area contributed by atoms with E-state index in [2.05, 4.69) is 10.1 Å². The van der Waals surface area contributed by atoms with Gasteiger partial charge in [-0.1, -0.05) is 0 Å². The highest BCUT2D eigenvalue weighted by Crippen LogP contribution is 2.39. The fraction of sp³-hybridized carbons (Fsp3) is 0.812. The zero-order valence-electron chi connectivity index (χ0n) is 16.7. The lowest BCUT2D eigenvalue weighted by Gasteiger charge is -2.30. The van der Waals surface area contributed by atoms with Crippen LogP contribution in [0.5, 0.6) is 0 Å². The molecular formula is C16H25F3N2O9. The van der Waals surface area contributed by atoms with Crippen LogP contribution in [0.25, 0.3) is 0 Å². The Morgan fingerprint density at radius 1 is 1.23 bits per heavy atom. The van der Waals surface area contributed by atoms with Crippen molar-refractivity contribution in [1.29, 1.82) is 0 Å². The summed E-state index contributed by atoms with van der Waals surface area (Å²) in [7, 11) is 2.79. The molecule has 2 aliphatic heterocycles. The van der Waals surface area contributed by atoms with Crippen LogP contribution in [0, 0.1) is 0 Å². The second-order valence-corrected chi connectivity index (χ2v) is 6.73. The van der Waals surface area contributed by atoms with Crippen molar-refractivity contribution < 1.29 is 56.3 Å². The molecule has 0 unspecified atom stereocenters. The Kier molecular flexibility index (Phi) is 8.98. The third-order valence-corrected chi connectivity index (χ3v) is 4.08. The van der Waals surface area contributed by atoms with E-state index in [4.69, 9.17) is 34.6 Å². The van der Waals surface area contributed by atoms with Crippen LogP contribution in [0.15, 0.2) is 0 Å². The third-order valence-electron chi connectivity index (χ3n) is 4.08. The van der Waals surface area contributed by atoms with Crippen LogP contribution in [0.3, 0.4) is 0 Å². The van der Waals surface area contributed by atoms with Gasteiger partial charge in [0.1, 0.15) is 18.3 Å². The van der Waals surface area contributed by atoms with Crippen LogP contribution >= 0.6 is 0 Å². The highest BCUT2D eigenvalue weighted by molar-refractivity contribution is 5.79. The molecule has 4 N–H and O–H groups in total. The summed E-state index contributed by atoms with van der Waals surface area (Å²) < 4.78 is 59.2. The van der Waals surface area contributed by atoms with Gasteiger partial charge in [-0.2, -0.15) is 13.2 Å². The molecule has 2 heterocycles. The molecule has 0 aliphatic carbocycles. The number of rotatable bonds is 6. The summed E-state index contributed by atoms with van der Waals surface area (Å²) in [5.41, 5.74) is 5.33. The number of halogens is 3. The number of alkyl halides is 3. The average molecular weight is 446 g/mol. The molecule has 0 radical (unpaired) electrons. The normalized spacial score (nSPS) is 28.0. The lowest BCUT2D eigenvalue weighted by atomic mass is 10.0. The summed E-state index contributed by atoms with van der Waals surface area (Å²) in [6.45, 7) is 3.35. The van der Waals surface area contributed by atoms with E-state index in [0.717, 1.165) is 0 Å². The molecule has 11 nitrogen and oxygen atoms in total. The zero-order chi connectivity index (χ0) is 23.3. The van der Waals surface area contributed by atoms with Crippen LogP contribution < -0.4 is 11.1 Å². The molecule has 2 rings (SSSR count). The number of hydrogen-bond acceptors (Lipinski definition) is 9. The maximum absolute atomic E-state index is 11.6. The summed E-state index contributed by atoms with van der Waals surface area (Å²) in [5, 5.41) is 9.79. The number of nitrogens with one attached hydrogen (secondary N) is 1. The Morgan fingerprint density at radius 3 is 2.23 bits per heavy atom. The first-order valence-corrected chi connectivity index (χ1v) is 8.66. The maximum Gasteiger partial charge on any atom is 0.490 e. The molecule has 1 amide bonds. The molecule has 0 aromatic carbocycles. The van der Waals surface area contributed by atoms with Gasteiger partial charge in [0.2, 0.25) is 5.91 Å². The molecule has 0 spiro atoms. The molecule has 0 bridgehead atoms. The predicted octanol–water partition coefficient (Wildman–Crippen LogP) is -0.482. The van der Waals surface area contributed by atoms with Gasteiger partial charge < -0.3 is 39.8 Å². The van der Waals surface area contributed by atoms with Crippen molar-refractivity contribution in [3.8, 4) is 0 Å². The van der Waals surface area contributed by atoms with E-state index < -0.39 is 60.5 Å². The Balaban J connectivity index is 0.000000553. The smallest absolute Gasteiger partial charge is 0.475 e. The largest absolute Gasteiger partial charge is 0.490 e. The number of hydrogen-bond donors (Lipinski definition) is 3. The van der Waals surface area contributed by atoms with Crippen molar-refractivity contribution in [3.05, 3.63) is 0 Å². The molecular weight excluding hydrogens is 421 g/mol. The fourth-order valence-electron chi connectivity index (χ4n) is 2.87. The number of carbonyl (C=O) groups is 3. The number of carbonyl (C=O) groups excluding carboxylic acids is 2. The van der Waals surface area contributed by atoms with Crippen LogP contribution in [0.4, 0.5) is 13.2 Å². The van der Waals surface area contributed by atoms with Gasteiger partial charge in [-0.25, -0.2) is 4.79 Å². The molecule has 0 aromatic rings.